The molecule has 1 fully saturated rings. The van der Waals surface area contributed by atoms with Gasteiger partial charge in [0.2, 0.25) is 5.91 Å². The topological polar surface area (TPSA) is 58.6 Å². The number of ether oxygens (including phenoxy) is 1. The zero-order chi connectivity index (χ0) is 11.3. The average molecular weight is 212 g/mol. The number of carbonyl (C=O) groups excluding carboxylic acids is 2. The van der Waals surface area contributed by atoms with Crippen molar-refractivity contribution in [3.63, 3.8) is 0 Å². The Morgan fingerprint density at radius 3 is 2.73 bits per heavy atom. The van der Waals surface area contributed by atoms with Gasteiger partial charge in [0.25, 0.3) is 0 Å². The van der Waals surface area contributed by atoms with E-state index in [4.69, 9.17) is 0 Å². The SMILES string of the molecule is COC(=O)C=CN(C)CC(=O)NC1CC1. The average Bonchev–Trinajstić information content (AvgIpc) is 2.97. The molecule has 0 heterocycles. The summed E-state index contributed by atoms with van der Waals surface area (Å²) < 4.78 is 4.43. The standard InChI is InChI=1S/C10H16N2O3/c1-12(6-5-10(14)15-2)7-9(13)11-8-3-4-8/h5-6,8H,3-4,7H2,1-2H3,(H,11,13). The molecular formula is C10H16N2O3. The normalized spacial score (nSPS) is 15.1. The number of esters is 1. The molecule has 0 radical (unpaired) electrons. The fourth-order valence-corrected chi connectivity index (χ4v) is 1.04. The predicted octanol–water partition coefficient (Wildman–Crippen LogP) is -0.116. The van der Waals surface area contributed by atoms with Crippen molar-refractivity contribution in [2.75, 3.05) is 20.7 Å². The second-order valence-corrected chi connectivity index (χ2v) is 3.60. The largest absolute Gasteiger partial charge is 0.466 e. The lowest BCUT2D eigenvalue weighted by Gasteiger charge is -2.12. The Kier molecular flexibility index (Phi) is 4.15. The molecule has 1 saturated carbocycles. The van der Waals surface area contributed by atoms with Crippen LogP contribution in [-0.4, -0.2) is 43.5 Å². The maximum Gasteiger partial charge on any atom is 0.331 e. The van der Waals surface area contributed by atoms with E-state index >= 15 is 0 Å². The highest BCUT2D eigenvalue weighted by molar-refractivity contribution is 5.82. The number of hydrogen-bond donors (Lipinski definition) is 1. The Morgan fingerprint density at radius 2 is 2.20 bits per heavy atom. The van der Waals surface area contributed by atoms with E-state index in [1.165, 1.54) is 19.4 Å². The predicted molar refractivity (Wildman–Crippen MR) is 55.0 cm³/mol. The van der Waals surface area contributed by atoms with Crippen molar-refractivity contribution in [1.82, 2.24) is 10.2 Å². The van der Waals surface area contributed by atoms with Crippen LogP contribution in [0.25, 0.3) is 0 Å². The summed E-state index contributed by atoms with van der Waals surface area (Å²) in [5.41, 5.74) is 0. The molecule has 0 aromatic carbocycles. The molecule has 0 spiro atoms. The van der Waals surface area contributed by atoms with Crippen LogP contribution in [-0.2, 0) is 14.3 Å². The highest BCUT2D eigenvalue weighted by Gasteiger charge is 2.23. The minimum atomic E-state index is -0.426. The van der Waals surface area contributed by atoms with Crippen molar-refractivity contribution in [2.24, 2.45) is 0 Å². The zero-order valence-electron chi connectivity index (χ0n) is 9.03. The van der Waals surface area contributed by atoms with E-state index in [0.29, 0.717) is 6.04 Å². The van der Waals surface area contributed by atoms with Crippen molar-refractivity contribution in [3.8, 4) is 0 Å². The molecule has 1 rings (SSSR count). The monoisotopic (exact) mass is 212 g/mol. The Bertz CT molecular complexity index is 272. The summed E-state index contributed by atoms with van der Waals surface area (Å²) in [5, 5.41) is 2.86. The maximum atomic E-state index is 11.3. The van der Waals surface area contributed by atoms with Gasteiger partial charge in [0, 0.05) is 25.4 Å². The molecule has 5 heteroatoms. The first-order valence-electron chi connectivity index (χ1n) is 4.87. The Labute approximate surface area is 89.1 Å². The number of rotatable bonds is 5. The summed E-state index contributed by atoms with van der Waals surface area (Å²) in [5.74, 6) is -0.445. The highest BCUT2D eigenvalue weighted by Crippen LogP contribution is 2.18. The molecule has 0 bridgehead atoms. The van der Waals surface area contributed by atoms with Crippen LogP contribution in [0.15, 0.2) is 12.3 Å². The first-order chi connectivity index (χ1) is 7.11. The lowest BCUT2D eigenvalue weighted by molar-refractivity contribution is -0.135. The first-order valence-corrected chi connectivity index (χ1v) is 4.87. The van der Waals surface area contributed by atoms with Crippen molar-refractivity contribution in [1.29, 1.82) is 0 Å². The molecule has 0 unspecified atom stereocenters. The Morgan fingerprint density at radius 1 is 1.53 bits per heavy atom. The van der Waals surface area contributed by atoms with Crippen molar-refractivity contribution in [3.05, 3.63) is 12.3 Å². The summed E-state index contributed by atoms with van der Waals surface area (Å²) in [6.07, 6.45) is 4.96. The molecule has 1 amide bonds. The molecule has 0 aliphatic heterocycles. The molecule has 0 saturated heterocycles. The molecule has 15 heavy (non-hydrogen) atoms. The maximum absolute atomic E-state index is 11.3. The van der Waals surface area contributed by atoms with Gasteiger partial charge in [-0.15, -0.1) is 0 Å². The molecule has 1 aliphatic carbocycles. The third kappa shape index (κ3) is 5.05. The van der Waals surface area contributed by atoms with Crippen molar-refractivity contribution >= 4 is 11.9 Å². The molecule has 5 nitrogen and oxygen atoms in total. The molecule has 0 aromatic rings. The zero-order valence-corrected chi connectivity index (χ0v) is 9.03. The van der Waals surface area contributed by atoms with Crippen LogP contribution in [0.4, 0.5) is 0 Å². The summed E-state index contributed by atoms with van der Waals surface area (Å²) in [6, 6.07) is 0.371. The quantitative estimate of drug-likeness (QED) is 0.510. The molecule has 1 N–H and O–H groups in total. The number of likely N-dealkylation sites (N-methyl/N-ethyl adjacent to an activating group) is 1. The summed E-state index contributed by atoms with van der Waals surface area (Å²) in [6.45, 7) is 0.254. The van der Waals surface area contributed by atoms with E-state index in [1.54, 1.807) is 11.9 Å². The van der Waals surface area contributed by atoms with Crippen LogP contribution in [0.5, 0.6) is 0 Å². The van der Waals surface area contributed by atoms with Crippen LogP contribution >= 0.6 is 0 Å². The summed E-state index contributed by atoms with van der Waals surface area (Å²) in [7, 11) is 3.04. The van der Waals surface area contributed by atoms with Crippen molar-refractivity contribution in [2.45, 2.75) is 18.9 Å². The highest BCUT2D eigenvalue weighted by atomic mass is 16.5. The number of nitrogens with one attached hydrogen (secondary N) is 1. The van der Waals surface area contributed by atoms with Crippen LogP contribution < -0.4 is 5.32 Å². The van der Waals surface area contributed by atoms with E-state index in [-0.39, 0.29) is 12.5 Å². The molecule has 84 valence electrons. The van der Waals surface area contributed by atoms with Gasteiger partial charge in [-0.25, -0.2) is 4.79 Å². The van der Waals surface area contributed by atoms with Gasteiger partial charge < -0.3 is 15.0 Å². The number of amides is 1. The van der Waals surface area contributed by atoms with Gasteiger partial charge in [-0.05, 0) is 12.8 Å². The minimum Gasteiger partial charge on any atom is -0.466 e. The summed E-state index contributed by atoms with van der Waals surface area (Å²) in [4.78, 5) is 23.7. The van der Waals surface area contributed by atoms with Crippen LogP contribution in [0.3, 0.4) is 0 Å². The number of hydrogen-bond acceptors (Lipinski definition) is 4. The van der Waals surface area contributed by atoms with Gasteiger partial charge in [0.05, 0.1) is 13.7 Å². The lowest BCUT2D eigenvalue weighted by atomic mass is 10.5. The van der Waals surface area contributed by atoms with E-state index in [9.17, 15) is 9.59 Å². The van der Waals surface area contributed by atoms with Gasteiger partial charge in [-0.2, -0.15) is 0 Å². The second-order valence-electron chi connectivity index (χ2n) is 3.60. The lowest BCUT2D eigenvalue weighted by Crippen LogP contribution is -2.34. The third-order valence-corrected chi connectivity index (χ3v) is 2.00. The fourth-order valence-electron chi connectivity index (χ4n) is 1.04. The number of nitrogens with zero attached hydrogens (tertiary/aromatic N) is 1. The van der Waals surface area contributed by atoms with E-state index in [2.05, 4.69) is 10.1 Å². The van der Waals surface area contributed by atoms with Gasteiger partial charge in [-0.1, -0.05) is 0 Å². The Hall–Kier alpha value is -1.52. The molecule has 0 atom stereocenters. The number of methoxy groups -OCH3 is 1. The van der Waals surface area contributed by atoms with Crippen LogP contribution in [0.2, 0.25) is 0 Å². The van der Waals surface area contributed by atoms with Gasteiger partial charge in [-0.3, -0.25) is 4.79 Å². The smallest absolute Gasteiger partial charge is 0.331 e. The van der Waals surface area contributed by atoms with Gasteiger partial charge >= 0.3 is 5.97 Å². The van der Waals surface area contributed by atoms with E-state index in [1.807, 2.05) is 0 Å². The minimum absolute atomic E-state index is 0.0190. The van der Waals surface area contributed by atoms with Gasteiger partial charge in [0.1, 0.15) is 0 Å². The van der Waals surface area contributed by atoms with Gasteiger partial charge in [0.15, 0.2) is 0 Å². The number of carbonyl (C=O) groups is 2. The molecule has 0 aromatic heterocycles. The third-order valence-electron chi connectivity index (χ3n) is 2.00. The fraction of sp³-hybridized carbons (Fsp3) is 0.600. The van der Waals surface area contributed by atoms with Crippen molar-refractivity contribution < 1.29 is 14.3 Å². The first kappa shape index (κ1) is 11.6. The van der Waals surface area contributed by atoms with Crippen LogP contribution in [0.1, 0.15) is 12.8 Å². The van der Waals surface area contributed by atoms with Crippen LogP contribution in [0, 0.1) is 0 Å². The summed E-state index contributed by atoms with van der Waals surface area (Å²) >= 11 is 0. The van der Waals surface area contributed by atoms with E-state index in [0.717, 1.165) is 12.8 Å². The Balaban J connectivity index is 2.21. The molecular weight excluding hydrogens is 196 g/mol. The molecule has 1 aliphatic rings. The van der Waals surface area contributed by atoms with E-state index < -0.39 is 5.97 Å². The second kappa shape index (κ2) is 5.38.